The first-order valence-corrected chi connectivity index (χ1v) is 33.7. The summed E-state index contributed by atoms with van der Waals surface area (Å²) in [7, 11) is -6.03. The number of fused-ring (bicyclic) bond motifs is 2. The molecule has 0 atom stereocenters. The first-order valence-electron chi connectivity index (χ1n) is 19.7. The summed E-state index contributed by atoms with van der Waals surface area (Å²) in [6.45, 7) is 37.1. The fraction of sp³-hybridized carbons (Fsp3) is 0.360. The molecular weight excluding hydrogens is 891 g/mol. The van der Waals surface area contributed by atoms with Crippen LogP contribution >= 0.6 is 0 Å². The summed E-state index contributed by atoms with van der Waals surface area (Å²) in [6, 6.07) is 39.3. The van der Waals surface area contributed by atoms with Crippen LogP contribution in [-0.4, -0.2) is 32.3 Å². The Morgan fingerprint density at radius 2 is 0.800 bits per heavy atom. The third-order valence-electron chi connectivity index (χ3n) is 11.5. The maximum atomic E-state index is 2.56. The molecule has 0 unspecified atom stereocenters. The van der Waals surface area contributed by atoms with Crippen LogP contribution in [0.4, 0.5) is 0 Å². The maximum Gasteiger partial charge on any atom is 4.00 e. The molecule has 0 bridgehead atoms. The minimum absolute atomic E-state index is 0. The van der Waals surface area contributed by atoms with Gasteiger partial charge >= 0.3 is 25.8 Å². The van der Waals surface area contributed by atoms with E-state index in [0.717, 1.165) is 6.42 Å². The van der Waals surface area contributed by atoms with Crippen LogP contribution in [0.25, 0.3) is 43.8 Å². The van der Waals surface area contributed by atoms with Gasteiger partial charge in [-0.1, -0.05) is 180 Å². The molecule has 0 saturated carbocycles. The quantitative estimate of drug-likeness (QED) is 0.0948. The minimum atomic E-state index is -1.51. The Morgan fingerprint density at radius 3 is 1.07 bits per heavy atom. The monoisotopic (exact) mass is 962 g/mol. The zero-order valence-corrected chi connectivity index (χ0v) is 45.1. The molecule has 0 radical (unpaired) electrons. The smallest absolute Gasteiger partial charge is 0.358 e. The molecule has 0 aliphatic carbocycles. The molecule has 0 N–H and O–H groups in total. The second kappa shape index (κ2) is 16.6. The van der Waals surface area contributed by atoms with Crippen LogP contribution in [0.5, 0.6) is 0 Å². The zero-order valence-electron chi connectivity index (χ0n) is 37.5. The average molecular weight is 962 g/mol. The molecule has 290 valence electrons. The van der Waals surface area contributed by atoms with Crippen molar-refractivity contribution < 1.29 is 25.8 Å². The fourth-order valence-corrected chi connectivity index (χ4v) is 13.1. The molecule has 6 rings (SSSR count). The van der Waals surface area contributed by atoms with Crippen LogP contribution in [0, 0.1) is 20.8 Å². The molecule has 6 aromatic rings. The molecule has 0 aromatic heterocycles. The van der Waals surface area contributed by atoms with Crippen molar-refractivity contribution in [3.05, 3.63) is 123 Å². The Hall–Kier alpha value is -2.16. The summed E-state index contributed by atoms with van der Waals surface area (Å²) in [5.74, 6) is 0.556. The SMILES string of the molecule is CC(C)CC(C)(c1cc2c(-c3cc([Si](C)(C)C)cc([Si](C)(C)C)c3)cccc2[cH-]1)c1cc2c(-c3cc([Si](C)(C)C)cc([Si](C)(C)C)c3)cccc2[cH-]1.[CH3-].[CH3-].[Hf+4]. The van der Waals surface area contributed by atoms with E-state index in [4.69, 9.17) is 0 Å². The van der Waals surface area contributed by atoms with E-state index in [2.05, 4.69) is 196 Å². The van der Waals surface area contributed by atoms with Gasteiger partial charge < -0.3 is 14.9 Å². The number of benzene rings is 4. The van der Waals surface area contributed by atoms with E-state index < -0.39 is 32.3 Å². The molecule has 0 heterocycles. The van der Waals surface area contributed by atoms with E-state index >= 15 is 0 Å². The minimum Gasteiger partial charge on any atom is -0.358 e. The van der Waals surface area contributed by atoms with Crippen molar-refractivity contribution in [1.82, 2.24) is 0 Å². The van der Waals surface area contributed by atoms with Crippen LogP contribution in [0.3, 0.4) is 0 Å². The topological polar surface area (TPSA) is 0 Å². The third-order valence-corrected chi connectivity index (χ3v) is 19.6. The molecule has 0 aliphatic heterocycles. The molecule has 55 heavy (non-hydrogen) atoms. The summed E-state index contributed by atoms with van der Waals surface area (Å²) in [6.07, 6.45) is 1.10. The Bertz CT molecular complexity index is 2040. The zero-order chi connectivity index (χ0) is 38.2. The van der Waals surface area contributed by atoms with Crippen molar-refractivity contribution in [2.45, 2.75) is 111 Å². The van der Waals surface area contributed by atoms with Crippen molar-refractivity contribution >= 4 is 74.6 Å². The van der Waals surface area contributed by atoms with E-state index in [1.807, 2.05) is 0 Å². The molecular formula is C50H70HfSi4. The predicted octanol–water partition coefficient (Wildman–Crippen LogP) is 13.2. The number of hydrogen-bond donors (Lipinski definition) is 0. The van der Waals surface area contributed by atoms with Gasteiger partial charge in [0.2, 0.25) is 0 Å². The van der Waals surface area contributed by atoms with E-state index in [1.165, 1.54) is 54.9 Å². The third kappa shape index (κ3) is 9.76. The predicted molar refractivity (Wildman–Crippen MR) is 261 cm³/mol. The van der Waals surface area contributed by atoms with Crippen LogP contribution in [-0.2, 0) is 31.3 Å². The van der Waals surface area contributed by atoms with Gasteiger partial charge in [-0.15, -0.1) is 69.1 Å². The molecule has 0 fully saturated rings. The fourth-order valence-electron chi connectivity index (χ4n) is 8.13. The van der Waals surface area contributed by atoms with Crippen molar-refractivity contribution in [2.24, 2.45) is 5.92 Å². The van der Waals surface area contributed by atoms with Gasteiger partial charge in [-0.3, -0.25) is 0 Å². The number of rotatable bonds is 10. The van der Waals surface area contributed by atoms with E-state index in [1.54, 1.807) is 20.7 Å². The maximum absolute atomic E-state index is 2.56. The molecule has 6 aromatic carbocycles. The Balaban J connectivity index is 0.00000271. The Kier molecular flexibility index (Phi) is 14.2. The van der Waals surface area contributed by atoms with Gasteiger partial charge in [0.15, 0.2) is 0 Å². The van der Waals surface area contributed by atoms with Gasteiger partial charge in [0.1, 0.15) is 0 Å². The van der Waals surface area contributed by atoms with Gasteiger partial charge in [-0.2, -0.15) is 12.1 Å². The van der Waals surface area contributed by atoms with Crippen molar-refractivity contribution in [3.63, 3.8) is 0 Å². The summed E-state index contributed by atoms with van der Waals surface area (Å²) >= 11 is 0. The van der Waals surface area contributed by atoms with Crippen molar-refractivity contribution in [1.29, 1.82) is 0 Å². The van der Waals surface area contributed by atoms with Gasteiger partial charge in [-0.05, 0) is 28.9 Å². The van der Waals surface area contributed by atoms with E-state index in [9.17, 15) is 0 Å². The molecule has 0 spiro atoms. The van der Waals surface area contributed by atoms with Crippen LogP contribution in [0.2, 0.25) is 78.6 Å². The Morgan fingerprint density at radius 1 is 0.491 bits per heavy atom. The largest absolute Gasteiger partial charge is 4.00 e. The van der Waals surface area contributed by atoms with Gasteiger partial charge in [0, 0.05) is 0 Å². The van der Waals surface area contributed by atoms with Crippen molar-refractivity contribution in [3.8, 4) is 22.3 Å². The van der Waals surface area contributed by atoms with Crippen LogP contribution in [0.1, 0.15) is 38.3 Å². The van der Waals surface area contributed by atoms with Crippen molar-refractivity contribution in [2.75, 3.05) is 0 Å². The second-order valence-corrected chi connectivity index (χ2v) is 40.9. The molecule has 0 aliphatic rings. The average Bonchev–Trinajstić information content (AvgIpc) is 3.68. The molecule has 5 heteroatoms. The number of hydrogen-bond acceptors (Lipinski definition) is 0. The summed E-state index contributed by atoms with van der Waals surface area (Å²) in [5.41, 5.74) is 8.31. The van der Waals surface area contributed by atoms with Crippen LogP contribution < -0.4 is 20.7 Å². The van der Waals surface area contributed by atoms with E-state index in [-0.39, 0.29) is 46.1 Å². The van der Waals surface area contributed by atoms with Gasteiger partial charge in [0.05, 0.1) is 32.3 Å². The standard InChI is InChI=1S/C48H64Si4.2CH3.Hf/c1-33(2)32-48(3,38-22-34-18-16-20-44(46(34)28-38)36-24-40(49(4,5)6)30-41(25-36)50(7,8)9)39-23-35-19-17-21-45(47(35)29-39)37-26-42(51(10,11)12)31-43(27-37)52(13,14)15;;;/h16-31,33H,32H2,1-15H3;2*1H3;/q-2;2*-1;+4. The molecule has 0 amide bonds. The molecule has 0 nitrogen and oxygen atoms in total. The first-order chi connectivity index (χ1) is 23.9. The van der Waals surface area contributed by atoms with Gasteiger partial charge in [0.25, 0.3) is 0 Å². The molecule has 0 saturated heterocycles. The van der Waals surface area contributed by atoms with E-state index in [0.29, 0.717) is 5.92 Å². The summed E-state index contributed by atoms with van der Waals surface area (Å²) < 4.78 is 0. The normalized spacial score (nSPS) is 12.8. The summed E-state index contributed by atoms with van der Waals surface area (Å²) in [4.78, 5) is 0. The Labute approximate surface area is 360 Å². The first kappa shape index (κ1) is 47.2. The van der Waals surface area contributed by atoms with Gasteiger partial charge in [-0.25, -0.2) is 0 Å². The second-order valence-electron chi connectivity index (χ2n) is 20.6. The summed E-state index contributed by atoms with van der Waals surface area (Å²) in [5, 5.41) is 11.8. The van der Waals surface area contributed by atoms with Crippen LogP contribution in [0.15, 0.2) is 97.1 Å².